The molecule has 0 aliphatic heterocycles. The summed E-state index contributed by atoms with van der Waals surface area (Å²) in [7, 11) is 3.38. The maximum Gasteiger partial charge on any atom is 0.254 e. The highest BCUT2D eigenvalue weighted by molar-refractivity contribution is 7.79. The highest BCUT2D eigenvalue weighted by atomic mass is 32.1. The number of hydrogen-bond donors (Lipinski definition) is 1. The van der Waals surface area contributed by atoms with Crippen LogP contribution in [0, 0.1) is 0 Å². The fourth-order valence-electron chi connectivity index (χ4n) is 1.93. The van der Waals surface area contributed by atoms with E-state index in [1.54, 1.807) is 18.7 Å². The summed E-state index contributed by atoms with van der Waals surface area (Å²) in [4.78, 5) is 12.1. The average Bonchev–Trinajstić information content (AvgIpc) is 2.42. The van der Waals surface area contributed by atoms with E-state index in [1.165, 1.54) is 0 Å². The predicted octanol–water partition coefficient (Wildman–Crippen LogP) is 2.49. The average molecular weight is 261 g/mol. The van der Waals surface area contributed by atoms with E-state index in [2.05, 4.69) is 12.6 Å². The van der Waals surface area contributed by atoms with E-state index in [0.717, 1.165) is 17.0 Å². The number of thiol groups is 1. The molecule has 18 heavy (non-hydrogen) atoms. The topological polar surface area (TPSA) is 31.2 Å². The van der Waals surface area contributed by atoms with Gasteiger partial charge in [-0.1, -0.05) is 18.2 Å². The number of rotatable bonds is 3. The fourth-order valence-corrected chi connectivity index (χ4v) is 2.18. The number of benzene rings is 1. The Morgan fingerprint density at radius 3 is 2.61 bits per heavy atom. The molecule has 0 unspecified atom stereocenters. The van der Waals surface area contributed by atoms with Crippen LogP contribution in [-0.4, -0.2) is 11.7 Å². The maximum absolute atomic E-state index is 12.1. The van der Waals surface area contributed by atoms with Crippen molar-refractivity contribution in [3.8, 4) is 17.0 Å². The molecule has 0 spiro atoms. The smallest absolute Gasteiger partial charge is 0.254 e. The normalized spacial score (nSPS) is 10.4. The Hall–Kier alpha value is -1.68. The van der Waals surface area contributed by atoms with Crippen molar-refractivity contribution < 1.29 is 4.74 Å². The second-order valence-corrected chi connectivity index (χ2v) is 4.28. The molecule has 1 aromatic carbocycles. The first kappa shape index (κ1) is 12.8. The van der Waals surface area contributed by atoms with Crippen LogP contribution in [0.2, 0.25) is 0 Å². The molecular weight excluding hydrogens is 246 g/mol. The standard InChI is InChI=1S/C14H15NO2S/c1-15-12(8-7-10(9-18)14(15)16)11-5-3-4-6-13(11)17-2/h3-8,18H,9H2,1-2H3. The van der Waals surface area contributed by atoms with Crippen LogP contribution in [0.15, 0.2) is 41.2 Å². The molecule has 2 aromatic rings. The molecule has 0 aliphatic rings. The van der Waals surface area contributed by atoms with Gasteiger partial charge in [-0.15, -0.1) is 0 Å². The highest BCUT2D eigenvalue weighted by Gasteiger charge is 2.10. The van der Waals surface area contributed by atoms with Gasteiger partial charge in [-0.3, -0.25) is 4.79 Å². The van der Waals surface area contributed by atoms with Gasteiger partial charge in [0.25, 0.3) is 5.56 Å². The Balaban J connectivity index is 2.65. The monoisotopic (exact) mass is 261 g/mol. The Labute approximate surface area is 111 Å². The zero-order chi connectivity index (χ0) is 13.1. The molecule has 0 radical (unpaired) electrons. The van der Waals surface area contributed by atoms with Gasteiger partial charge in [-0.05, 0) is 18.2 Å². The number of nitrogens with zero attached hydrogens (tertiary/aromatic N) is 1. The number of methoxy groups -OCH3 is 1. The van der Waals surface area contributed by atoms with E-state index in [1.807, 2.05) is 36.4 Å². The lowest BCUT2D eigenvalue weighted by Crippen LogP contribution is -2.21. The van der Waals surface area contributed by atoms with Gasteiger partial charge >= 0.3 is 0 Å². The molecule has 0 bridgehead atoms. The molecule has 3 nitrogen and oxygen atoms in total. The zero-order valence-electron chi connectivity index (χ0n) is 10.4. The third-order valence-corrected chi connectivity index (χ3v) is 3.28. The van der Waals surface area contributed by atoms with Crippen molar-refractivity contribution in [2.24, 2.45) is 7.05 Å². The van der Waals surface area contributed by atoms with Crippen molar-refractivity contribution in [2.75, 3.05) is 7.11 Å². The van der Waals surface area contributed by atoms with Gasteiger partial charge in [0, 0.05) is 23.9 Å². The lowest BCUT2D eigenvalue weighted by Gasteiger charge is -2.12. The van der Waals surface area contributed by atoms with E-state index in [9.17, 15) is 4.79 Å². The molecule has 0 fully saturated rings. The van der Waals surface area contributed by atoms with Crippen LogP contribution in [0.3, 0.4) is 0 Å². The second-order valence-electron chi connectivity index (χ2n) is 3.97. The molecule has 0 amide bonds. The summed E-state index contributed by atoms with van der Waals surface area (Å²) in [6, 6.07) is 11.4. The SMILES string of the molecule is COc1ccccc1-c1ccc(CS)c(=O)n1C. The maximum atomic E-state index is 12.1. The van der Waals surface area contributed by atoms with Crippen molar-refractivity contribution >= 4 is 12.6 Å². The van der Waals surface area contributed by atoms with Gasteiger partial charge in [0.1, 0.15) is 5.75 Å². The highest BCUT2D eigenvalue weighted by Crippen LogP contribution is 2.28. The van der Waals surface area contributed by atoms with Crippen LogP contribution in [0.1, 0.15) is 5.56 Å². The summed E-state index contributed by atoms with van der Waals surface area (Å²) >= 11 is 4.15. The fraction of sp³-hybridized carbons (Fsp3) is 0.214. The number of pyridine rings is 1. The van der Waals surface area contributed by atoms with Crippen LogP contribution in [-0.2, 0) is 12.8 Å². The van der Waals surface area contributed by atoms with E-state index in [-0.39, 0.29) is 5.56 Å². The molecule has 0 saturated carbocycles. The molecule has 0 N–H and O–H groups in total. The first-order chi connectivity index (χ1) is 8.69. The van der Waals surface area contributed by atoms with Crippen LogP contribution in [0.5, 0.6) is 5.75 Å². The molecule has 4 heteroatoms. The summed E-state index contributed by atoms with van der Waals surface area (Å²) in [5, 5.41) is 0. The van der Waals surface area contributed by atoms with Crippen molar-refractivity contribution in [1.29, 1.82) is 0 Å². The summed E-state index contributed by atoms with van der Waals surface area (Å²) in [6.45, 7) is 0. The number of para-hydroxylation sites is 1. The number of aromatic nitrogens is 1. The van der Waals surface area contributed by atoms with E-state index < -0.39 is 0 Å². The molecule has 1 heterocycles. The molecule has 0 atom stereocenters. The molecule has 2 rings (SSSR count). The minimum Gasteiger partial charge on any atom is -0.496 e. The van der Waals surface area contributed by atoms with Crippen molar-refractivity contribution in [3.05, 3.63) is 52.3 Å². The lowest BCUT2D eigenvalue weighted by atomic mass is 10.1. The minimum absolute atomic E-state index is 0.0200. The summed E-state index contributed by atoms with van der Waals surface area (Å²) < 4.78 is 6.95. The van der Waals surface area contributed by atoms with Crippen LogP contribution < -0.4 is 10.3 Å². The van der Waals surface area contributed by atoms with Crippen molar-refractivity contribution in [3.63, 3.8) is 0 Å². The third kappa shape index (κ3) is 2.16. The molecule has 0 saturated heterocycles. The number of hydrogen-bond acceptors (Lipinski definition) is 3. The zero-order valence-corrected chi connectivity index (χ0v) is 11.3. The molecule has 1 aromatic heterocycles. The second kappa shape index (κ2) is 5.31. The van der Waals surface area contributed by atoms with Crippen molar-refractivity contribution in [1.82, 2.24) is 4.57 Å². The third-order valence-electron chi connectivity index (χ3n) is 2.94. The van der Waals surface area contributed by atoms with Gasteiger partial charge < -0.3 is 9.30 Å². The Bertz CT molecular complexity index is 619. The van der Waals surface area contributed by atoms with Gasteiger partial charge in [0.2, 0.25) is 0 Å². The predicted molar refractivity (Wildman–Crippen MR) is 76.4 cm³/mol. The Morgan fingerprint density at radius 2 is 1.94 bits per heavy atom. The molecule has 0 aliphatic carbocycles. The molecule has 94 valence electrons. The largest absolute Gasteiger partial charge is 0.496 e. The Morgan fingerprint density at radius 1 is 1.22 bits per heavy atom. The van der Waals surface area contributed by atoms with E-state index in [0.29, 0.717) is 11.3 Å². The van der Waals surface area contributed by atoms with Gasteiger partial charge in [0.05, 0.1) is 12.8 Å². The van der Waals surface area contributed by atoms with Gasteiger partial charge in [-0.2, -0.15) is 12.6 Å². The Kier molecular flexibility index (Phi) is 3.77. The quantitative estimate of drug-likeness (QED) is 0.861. The van der Waals surface area contributed by atoms with Crippen LogP contribution in [0.4, 0.5) is 0 Å². The number of ether oxygens (including phenoxy) is 1. The lowest BCUT2D eigenvalue weighted by molar-refractivity contribution is 0.416. The van der Waals surface area contributed by atoms with E-state index >= 15 is 0 Å². The summed E-state index contributed by atoms with van der Waals surface area (Å²) in [5.41, 5.74) is 2.42. The van der Waals surface area contributed by atoms with Crippen molar-refractivity contribution in [2.45, 2.75) is 5.75 Å². The summed E-state index contributed by atoms with van der Waals surface area (Å²) in [5.74, 6) is 1.20. The van der Waals surface area contributed by atoms with Gasteiger partial charge in [-0.25, -0.2) is 0 Å². The van der Waals surface area contributed by atoms with Crippen LogP contribution in [0.25, 0.3) is 11.3 Å². The van der Waals surface area contributed by atoms with E-state index in [4.69, 9.17) is 4.74 Å². The summed E-state index contributed by atoms with van der Waals surface area (Å²) in [6.07, 6.45) is 0. The molecular formula is C14H15NO2S. The first-order valence-electron chi connectivity index (χ1n) is 5.62. The minimum atomic E-state index is -0.0200. The van der Waals surface area contributed by atoms with Crippen LogP contribution >= 0.6 is 12.6 Å². The van der Waals surface area contributed by atoms with Gasteiger partial charge in [0.15, 0.2) is 0 Å². The first-order valence-corrected chi connectivity index (χ1v) is 6.25.